The molecule has 98 valence electrons. The Kier molecular flexibility index (Phi) is 4.54. The number of nitrogens with zero attached hydrogens (tertiary/aromatic N) is 2. The zero-order valence-corrected chi connectivity index (χ0v) is 9.74. The highest BCUT2D eigenvalue weighted by Crippen LogP contribution is 2.27. The number of carbonyl (C=O) groups excluding carboxylic acids is 1. The van der Waals surface area contributed by atoms with Gasteiger partial charge in [0.2, 0.25) is 11.1 Å². The molecule has 2 unspecified atom stereocenters. The van der Waals surface area contributed by atoms with Gasteiger partial charge in [0.25, 0.3) is 0 Å². The number of aliphatic hydroxyl groups excluding tert-OH is 2. The van der Waals surface area contributed by atoms with Gasteiger partial charge in [-0.3, -0.25) is 14.9 Å². The van der Waals surface area contributed by atoms with E-state index in [0.29, 0.717) is 0 Å². The molecule has 0 radical (unpaired) electrons. The maximum Gasteiger partial charge on any atom is 0.306 e. The van der Waals surface area contributed by atoms with Crippen LogP contribution in [0.3, 0.4) is 0 Å². The van der Waals surface area contributed by atoms with Crippen LogP contribution in [0, 0.1) is 10.1 Å². The highest BCUT2D eigenvalue weighted by Gasteiger charge is 2.24. The Labute approximate surface area is 106 Å². The van der Waals surface area contributed by atoms with Crippen LogP contribution < -0.4 is 5.73 Å². The van der Waals surface area contributed by atoms with Crippen molar-refractivity contribution in [2.45, 2.75) is 18.6 Å². The van der Waals surface area contributed by atoms with Gasteiger partial charge in [-0.25, -0.2) is 4.98 Å². The van der Waals surface area contributed by atoms with Crippen molar-refractivity contribution in [3.05, 3.63) is 33.1 Å². The predicted octanol–water partition coefficient (Wildman–Crippen LogP) is -0.0871. The molecule has 0 aromatic carbocycles. The van der Waals surface area contributed by atoms with Crippen molar-refractivity contribution in [3.8, 4) is 0 Å². The SMILES string of the molecule is NC(=O)CC(O)C(O)c1cnc(Cl)c([N+](=O)[O-])c1. The van der Waals surface area contributed by atoms with Crippen LogP contribution in [0.15, 0.2) is 12.3 Å². The van der Waals surface area contributed by atoms with E-state index in [2.05, 4.69) is 4.98 Å². The predicted molar refractivity (Wildman–Crippen MR) is 60.7 cm³/mol. The van der Waals surface area contributed by atoms with Crippen LogP contribution in [0.2, 0.25) is 5.15 Å². The second-order valence-corrected chi connectivity index (χ2v) is 3.88. The molecule has 0 fully saturated rings. The van der Waals surface area contributed by atoms with Gasteiger partial charge in [0, 0.05) is 17.8 Å². The van der Waals surface area contributed by atoms with Crippen molar-refractivity contribution < 1.29 is 19.9 Å². The third-order valence-electron chi connectivity index (χ3n) is 2.15. The summed E-state index contributed by atoms with van der Waals surface area (Å²) in [6.45, 7) is 0. The van der Waals surface area contributed by atoms with Gasteiger partial charge in [-0.2, -0.15) is 0 Å². The summed E-state index contributed by atoms with van der Waals surface area (Å²) in [5.74, 6) is -0.807. The first-order chi connectivity index (χ1) is 8.32. The van der Waals surface area contributed by atoms with E-state index in [4.69, 9.17) is 17.3 Å². The fourth-order valence-corrected chi connectivity index (χ4v) is 1.45. The van der Waals surface area contributed by atoms with Crippen molar-refractivity contribution in [1.29, 1.82) is 0 Å². The third kappa shape index (κ3) is 3.36. The normalized spacial score (nSPS) is 13.9. The van der Waals surface area contributed by atoms with E-state index in [-0.39, 0.29) is 10.7 Å². The minimum Gasteiger partial charge on any atom is -0.390 e. The zero-order valence-electron chi connectivity index (χ0n) is 8.99. The number of nitro groups is 1. The summed E-state index contributed by atoms with van der Waals surface area (Å²) in [7, 11) is 0. The van der Waals surface area contributed by atoms with Crippen LogP contribution in [0.4, 0.5) is 5.69 Å². The van der Waals surface area contributed by atoms with E-state index in [1.165, 1.54) is 0 Å². The van der Waals surface area contributed by atoms with E-state index in [0.717, 1.165) is 12.3 Å². The Hall–Kier alpha value is -1.77. The Bertz CT molecular complexity index is 481. The lowest BCUT2D eigenvalue weighted by Crippen LogP contribution is -2.25. The number of halogens is 1. The first kappa shape index (κ1) is 14.3. The van der Waals surface area contributed by atoms with E-state index < -0.39 is 35.1 Å². The minimum absolute atomic E-state index is 0.0279. The van der Waals surface area contributed by atoms with Crippen LogP contribution in [-0.2, 0) is 4.79 Å². The molecule has 2 atom stereocenters. The maximum absolute atomic E-state index is 10.6. The van der Waals surface area contributed by atoms with E-state index >= 15 is 0 Å². The lowest BCUT2D eigenvalue weighted by atomic mass is 10.0. The third-order valence-corrected chi connectivity index (χ3v) is 2.45. The second kappa shape index (κ2) is 5.71. The number of hydrogen-bond acceptors (Lipinski definition) is 6. The van der Waals surface area contributed by atoms with Gasteiger partial charge in [0.1, 0.15) is 6.10 Å². The minimum atomic E-state index is -1.51. The molecule has 1 rings (SSSR count). The maximum atomic E-state index is 10.6. The van der Waals surface area contributed by atoms with Gasteiger partial charge in [0.05, 0.1) is 17.4 Å². The molecule has 18 heavy (non-hydrogen) atoms. The number of nitrogens with two attached hydrogens (primary N) is 1. The number of rotatable bonds is 5. The van der Waals surface area contributed by atoms with E-state index in [9.17, 15) is 25.1 Å². The van der Waals surface area contributed by atoms with Crippen molar-refractivity contribution >= 4 is 23.2 Å². The second-order valence-electron chi connectivity index (χ2n) is 3.52. The van der Waals surface area contributed by atoms with Gasteiger partial charge in [0.15, 0.2) is 0 Å². The zero-order chi connectivity index (χ0) is 13.9. The molecule has 1 aromatic rings. The van der Waals surface area contributed by atoms with Gasteiger partial charge in [-0.1, -0.05) is 11.6 Å². The number of hydrogen-bond donors (Lipinski definition) is 3. The molecule has 0 spiro atoms. The Morgan fingerprint density at radius 2 is 2.22 bits per heavy atom. The molecule has 1 heterocycles. The van der Waals surface area contributed by atoms with Crippen LogP contribution in [-0.4, -0.2) is 32.1 Å². The number of carbonyl (C=O) groups is 1. The number of primary amides is 1. The lowest BCUT2D eigenvalue weighted by Gasteiger charge is -2.16. The van der Waals surface area contributed by atoms with Crippen LogP contribution in [0.1, 0.15) is 18.1 Å². The molecular formula is C9H10ClN3O5. The summed E-state index contributed by atoms with van der Waals surface area (Å²) in [4.78, 5) is 23.9. The Balaban J connectivity index is 2.99. The fraction of sp³-hybridized carbons (Fsp3) is 0.333. The summed E-state index contributed by atoms with van der Waals surface area (Å²) in [6, 6.07) is 0.976. The van der Waals surface area contributed by atoms with Crippen molar-refractivity contribution in [2.75, 3.05) is 0 Å². The number of aromatic nitrogens is 1. The van der Waals surface area contributed by atoms with E-state index in [1.54, 1.807) is 0 Å². The first-order valence-corrected chi connectivity index (χ1v) is 5.15. The van der Waals surface area contributed by atoms with Crippen molar-refractivity contribution in [2.24, 2.45) is 5.73 Å². The monoisotopic (exact) mass is 275 g/mol. The molecule has 4 N–H and O–H groups in total. The quantitative estimate of drug-likeness (QED) is 0.390. The molecule has 0 aliphatic carbocycles. The molecule has 9 heteroatoms. The highest BCUT2D eigenvalue weighted by molar-refractivity contribution is 6.31. The number of pyridine rings is 1. The molecule has 8 nitrogen and oxygen atoms in total. The van der Waals surface area contributed by atoms with Crippen LogP contribution in [0.5, 0.6) is 0 Å². The number of amides is 1. The smallest absolute Gasteiger partial charge is 0.306 e. The average molecular weight is 276 g/mol. The van der Waals surface area contributed by atoms with E-state index in [1.807, 2.05) is 0 Å². The molecule has 1 aromatic heterocycles. The summed E-state index contributed by atoms with van der Waals surface area (Å²) in [6.07, 6.45) is -2.38. The average Bonchev–Trinajstić information content (AvgIpc) is 2.27. The van der Waals surface area contributed by atoms with Gasteiger partial charge in [-0.15, -0.1) is 0 Å². The fourth-order valence-electron chi connectivity index (χ4n) is 1.28. The Morgan fingerprint density at radius 3 is 2.72 bits per heavy atom. The lowest BCUT2D eigenvalue weighted by molar-refractivity contribution is -0.385. The molecule has 1 amide bonds. The first-order valence-electron chi connectivity index (χ1n) is 4.77. The standard InChI is InChI=1S/C9H10ClN3O5/c10-9-5(13(17)18)1-4(3-12-9)8(16)6(14)2-7(11)15/h1,3,6,8,14,16H,2H2,(H2,11,15). The van der Waals surface area contributed by atoms with Gasteiger partial charge < -0.3 is 15.9 Å². The topological polar surface area (TPSA) is 140 Å². The van der Waals surface area contributed by atoms with Crippen molar-refractivity contribution in [1.82, 2.24) is 4.98 Å². The summed E-state index contributed by atoms with van der Waals surface area (Å²) < 4.78 is 0. The van der Waals surface area contributed by atoms with Crippen molar-refractivity contribution in [3.63, 3.8) is 0 Å². The molecule has 0 saturated carbocycles. The highest BCUT2D eigenvalue weighted by atomic mass is 35.5. The van der Waals surface area contributed by atoms with Gasteiger partial charge in [-0.05, 0) is 0 Å². The van der Waals surface area contributed by atoms with Crippen LogP contribution >= 0.6 is 11.6 Å². The summed E-state index contributed by atoms with van der Waals surface area (Å²) in [5.41, 5.74) is 4.33. The Morgan fingerprint density at radius 1 is 1.61 bits per heavy atom. The number of aliphatic hydroxyl groups is 2. The molecule has 0 aliphatic heterocycles. The van der Waals surface area contributed by atoms with Crippen LogP contribution in [0.25, 0.3) is 0 Å². The molecule has 0 bridgehead atoms. The molecular weight excluding hydrogens is 266 g/mol. The molecule has 0 aliphatic rings. The summed E-state index contributed by atoms with van der Waals surface area (Å²) >= 11 is 5.49. The summed E-state index contributed by atoms with van der Waals surface area (Å²) in [5, 5.41) is 29.4. The van der Waals surface area contributed by atoms with Gasteiger partial charge >= 0.3 is 5.69 Å². The largest absolute Gasteiger partial charge is 0.390 e. The molecule has 0 saturated heterocycles.